The molecule has 2 heteroatoms. The number of hydrogen-bond acceptors (Lipinski definition) is 2. The Morgan fingerprint density at radius 3 is 2.19 bits per heavy atom. The largest absolute Gasteiger partial charge is 0.329 e. The van der Waals surface area contributed by atoms with E-state index in [4.69, 9.17) is 5.73 Å². The summed E-state index contributed by atoms with van der Waals surface area (Å²) in [5.74, 6) is 1.77. The van der Waals surface area contributed by atoms with Gasteiger partial charge in [-0.25, -0.2) is 0 Å². The molecule has 2 N–H and O–H groups in total. The van der Waals surface area contributed by atoms with Crippen LogP contribution in [0.4, 0.5) is 0 Å². The molecule has 0 aromatic rings. The molecule has 1 heterocycles. The first-order chi connectivity index (χ1) is 7.57. The Kier molecular flexibility index (Phi) is 3.60. The molecule has 2 atom stereocenters. The van der Waals surface area contributed by atoms with Crippen molar-refractivity contribution < 1.29 is 0 Å². The second-order valence-corrected chi connectivity index (χ2v) is 6.45. The average Bonchev–Trinajstić information content (AvgIpc) is 2.60. The van der Waals surface area contributed by atoms with Crippen LogP contribution in [0.2, 0.25) is 0 Å². The molecular weight excluding hydrogens is 196 g/mol. The molecule has 1 aliphatic carbocycles. The van der Waals surface area contributed by atoms with Gasteiger partial charge in [0.2, 0.25) is 0 Å². The Morgan fingerprint density at radius 2 is 1.75 bits per heavy atom. The lowest BCUT2D eigenvalue weighted by Gasteiger charge is -2.47. The van der Waals surface area contributed by atoms with Crippen LogP contribution < -0.4 is 5.73 Å². The third kappa shape index (κ3) is 2.14. The number of nitrogens with two attached hydrogens (primary N) is 1. The molecule has 0 aromatic carbocycles. The maximum Gasteiger partial charge on any atom is 0.0334 e. The van der Waals surface area contributed by atoms with E-state index >= 15 is 0 Å². The normalized spacial score (nSPS) is 46.1. The summed E-state index contributed by atoms with van der Waals surface area (Å²) in [4.78, 5) is 2.74. The number of rotatable bonds is 2. The van der Waals surface area contributed by atoms with Crippen molar-refractivity contribution in [2.45, 2.75) is 64.5 Å². The van der Waals surface area contributed by atoms with Crippen molar-refractivity contribution in [1.29, 1.82) is 0 Å². The lowest BCUT2D eigenvalue weighted by Crippen LogP contribution is -2.56. The fraction of sp³-hybridized carbons (Fsp3) is 1.00. The molecule has 2 rings (SSSR count). The minimum absolute atomic E-state index is 0.344. The zero-order valence-corrected chi connectivity index (χ0v) is 11.2. The van der Waals surface area contributed by atoms with E-state index in [0.29, 0.717) is 5.54 Å². The van der Waals surface area contributed by atoms with Crippen LogP contribution in [0.3, 0.4) is 0 Å². The summed E-state index contributed by atoms with van der Waals surface area (Å²) in [6.07, 6.45) is 6.74. The fourth-order valence-corrected chi connectivity index (χ4v) is 3.87. The van der Waals surface area contributed by atoms with E-state index in [1.807, 2.05) is 0 Å². The lowest BCUT2D eigenvalue weighted by molar-refractivity contribution is 0.0376. The van der Waals surface area contributed by atoms with E-state index in [0.717, 1.165) is 24.4 Å². The maximum absolute atomic E-state index is 6.13. The first kappa shape index (κ1) is 12.4. The van der Waals surface area contributed by atoms with E-state index in [-0.39, 0.29) is 0 Å². The molecule has 1 aliphatic heterocycles. The molecule has 2 fully saturated rings. The van der Waals surface area contributed by atoms with Gasteiger partial charge in [-0.3, -0.25) is 4.90 Å². The van der Waals surface area contributed by atoms with E-state index in [1.54, 1.807) is 0 Å². The highest BCUT2D eigenvalue weighted by Crippen LogP contribution is 2.40. The van der Waals surface area contributed by atoms with Crippen molar-refractivity contribution in [1.82, 2.24) is 4.90 Å². The predicted molar refractivity (Wildman–Crippen MR) is 69.4 cm³/mol. The molecule has 0 radical (unpaired) electrons. The maximum atomic E-state index is 6.13. The number of hydrogen-bond donors (Lipinski definition) is 1. The first-order valence-electron chi connectivity index (χ1n) is 7.04. The summed E-state index contributed by atoms with van der Waals surface area (Å²) >= 11 is 0. The third-order valence-corrected chi connectivity index (χ3v) is 4.98. The Labute approximate surface area is 101 Å². The van der Waals surface area contributed by atoms with Crippen molar-refractivity contribution in [3.63, 3.8) is 0 Å². The van der Waals surface area contributed by atoms with E-state index in [2.05, 4.69) is 25.7 Å². The summed E-state index contributed by atoms with van der Waals surface area (Å²) in [7, 11) is 0. The molecule has 0 bridgehead atoms. The van der Waals surface area contributed by atoms with Gasteiger partial charge in [-0.05, 0) is 50.9 Å². The Hall–Kier alpha value is -0.0800. The van der Waals surface area contributed by atoms with Crippen LogP contribution in [0, 0.1) is 11.8 Å². The smallest absolute Gasteiger partial charge is 0.0334 e. The molecule has 2 aliphatic rings. The van der Waals surface area contributed by atoms with Crippen molar-refractivity contribution in [2.24, 2.45) is 17.6 Å². The van der Waals surface area contributed by atoms with Crippen LogP contribution in [0.1, 0.15) is 52.9 Å². The van der Waals surface area contributed by atoms with E-state index < -0.39 is 0 Å². The zero-order valence-electron chi connectivity index (χ0n) is 11.2. The Morgan fingerprint density at radius 1 is 1.12 bits per heavy atom. The highest BCUT2D eigenvalue weighted by molar-refractivity contribution is 5.00. The summed E-state index contributed by atoms with van der Waals surface area (Å²) in [5.41, 5.74) is 6.47. The third-order valence-electron chi connectivity index (χ3n) is 4.98. The molecular formula is C14H28N2. The van der Waals surface area contributed by atoms with Gasteiger partial charge in [-0.15, -0.1) is 0 Å². The Bertz CT molecular complexity index is 231. The minimum Gasteiger partial charge on any atom is -0.329 e. The van der Waals surface area contributed by atoms with Crippen molar-refractivity contribution in [2.75, 3.05) is 13.1 Å². The van der Waals surface area contributed by atoms with Gasteiger partial charge in [0, 0.05) is 24.7 Å². The minimum atomic E-state index is 0.344. The summed E-state index contributed by atoms with van der Waals surface area (Å²) in [5, 5.41) is 0. The van der Waals surface area contributed by atoms with Gasteiger partial charge in [-0.2, -0.15) is 0 Å². The van der Waals surface area contributed by atoms with Gasteiger partial charge < -0.3 is 5.73 Å². The van der Waals surface area contributed by atoms with Gasteiger partial charge in [0.05, 0.1) is 0 Å². The average molecular weight is 224 g/mol. The summed E-state index contributed by atoms with van der Waals surface area (Å²) in [6.45, 7) is 9.28. The summed E-state index contributed by atoms with van der Waals surface area (Å²) in [6, 6.07) is 0.743. The monoisotopic (exact) mass is 224 g/mol. The molecule has 2 nitrogen and oxygen atoms in total. The van der Waals surface area contributed by atoms with Gasteiger partial charge in [0.15, 0.2) is 0 Å². The van der Waals surface area contributed by atoms with Crippen LogP contribution in [0.15, 0.2) is 0 Å². The lowest BCUT2D eigenvalue weighted by atomic mass is 9.75. The second-order valence-electron chi connectivity index (χ2n) is 6.45. The highest BCUT2D eigenvalue weighted by Gasteiger charge is 2.43. The fourth-order valence-electron chi connectivity index (χ4n) is 3.87. The van der Waals surface area contributed by atoms with Crippen molar-refractivity contribution in [3.8, 4) is 0 Å². The van der Waals surface area contributed by atoms with Crippen LogP contribution >= 0.6 is 0 Å². The summed E-state index contributed by atoms with van der Waals surface area (Å²) < 4.78 is 0. The second kappa shape index (κ2) is 4.66. The first-order valence-corrected chi connectivity index (χ1v) is 7.04. The van der Waals surface area contributed by atoms with E-state index in [1.165, 1.54) is 38.6 Å². The van der Waals surface area contributed by atoms with Crippen LogP contribution in [-0.4, -0.2) is 29.6 Å². The number of likely N-dealkylation sites (tertiary alicyclic amines) is 1. The van der Waals surface area contributed by atoms with Gasteiger partial charge in [0.25, 0.3) is 0 Å². The molecule has 0 amide bonds. The molecule has 16 heavy (non-hydrogen) atoms. The Balaban J connectivity index is 2.09. The molecule has 0 spiro atoms. The molecule has 1 saturated heterocycles. The van der Waals surface area contributed by atoms with Crippen LogP contribution in [0.25, 0.3) is 0 Å². The molecule has 94 valence electrons. The molecule has 2 unspecified atom stereocenters. The van der Waals surface area contributed by atoms with Crippen LogP contribution in [0.5, 0.6) is 0 Å². The van der Waals surface area contributed by atoms with Gasteiger partial charge in [0.1, 0.15) is 0 Å². The number of nitrogens with zero attached hydrogens (tertiary/aromatic N) is 1. The van der Waals surface area contributed by atoms with Crippen molar-refractivity contribution >= 4 is 0 Å². The standard InChI is InChI=1S/C14H28N2/c1-11-4-6-14(10-15,7-5-11)16-9-12(2)8-13(16)3/h11-13H,4-10,15H2,1-3H3. The van der Waals surface area contributed by atoms with Crippen LogP contribution in [-0.2, 0) is 0 Å². The van der Waals surface area contributed by atoms with Gasteiger partial charge >= 0.3 is 0 Å². The van der Waals surface area contributed by atoms with Gasteiger partial charge in [-0.1, -0.05) is 13.8 Å². The quantitative estimate of drug-likeness (QED) is 0.781. The van der Waals surface area contributed by atoms with E-state index in [9.17, 15) is 0 Å². The molecule has 0 aromatic heterocycles. The highest BCUT2D eigenvalue weighted by atomic mass is 15.3. The van der Waals surface area contributed by atoms with Crippen molar-refractivity contribution in [3.05, 3.63) is 0 Å². The SMILES string of the molecule is CC1CCC(CN)(N2CC(C)CC2C)CC1. The topological polar surface area (TPSA) is 29.3 Å². The predicted octanol–water partition coefficient (Wildman–Crippen LogP) is 2.62. The molecule has 1 saturated carbocycles. The zero-order chi connectivity index (χ0) is 11.8.